The molecular formula is C18H26N2O. The zero-order chi connectivity index (χ0) is 15.0. The molecule has 1 N–H and O–H groups in total. The van der Waals surface area contributed by atoms with E-state index < -0.39 is 0 Å². The number of benzene rings is 1. The molecule has 1 saturated carbocycles. The van der Waals surface area contributed by atoms with Gasteiger partial charge in [-0.25, -0.2) is 0 Å². The van der Waals surface area contributed by atoms with E-state index >= 15 is 0 Å². The van der Waals surface area contributed by atoms with Crippen molar-refractivity contribution < 1.29 is 4.79 Å². The average molecular weight is 286 g/mol. The van der Waals surface area contributed by atoms with E-state index in [1.807, 2.05) is 0 Å². The fourth-order valence-corrected chi connectivity index (χ4v) is 3.62. The Morgan fingerprint density at radius 1 is 1.14 bits per heavy atom. The predicted molar refractivity (Wildman–Crippen MR) is 84.8 cm³/mol. The Bertz CT molecular complexity index is 511. The van der Waals surface area contributed by atoms with Crippen LogP contribution in [0.15, 0.2) is 24.3 Å². The van der Waals surface area contributed by atoms with Crippen molar-refractivity contribution in [3.63, 3.8) is 0 Å². The molecule has 1 aliphatic carbocycles. The normalized spacial score (nSPS) is 26.3. The van der Waals surface area contributed by atoms with Crippen molar-refractivity contribution in [3.8, 4) is 0 Å². The van der Waals surface area contributed by atoms with Gasteiger partial charge in [0.25, 0.3) is 0 Å². The van der Waals surface area contributed by atoms with Crippen LogP contribution in [0.3, 0.4) is 0 Å². The topological polar surface area (TPSA) is 32.3 Å². The fraction of sp³-hybridized carbons (Fsp3) is 0.611. The second-order valence-electron chi connectivity index (χ2n) is 7.39. The predicted octanol–water partition coefficient (Wildman–Crippen LogP) is 3.39. The third-order valence-electron chi connectivity index (χ3n) is 5.11. The number of nitrogens with one attached hydrogen (secondary N) is 1. The lowest BCUT2D eigenvalue weighted by Gasteiger charge is -2.40. The summed E-state index contributed by atoms with van der Waals surface area (Å²) in [6, 6.07) is 8.94. The molecule has 21 heavy (non-hydrogen) atoms. The van der Waals surface area contributed by atoms with E-state index in [9.17, 15) is 4.79 Å². The van der Waals surface area contributed by atoms with Crippen molar-refractivity contribution in [2.75, 3.05) is 6.54 Å². The maximum atomic E-state index is 12.3. The zero-order valence-corrected chi connectivity index (χ0v) is 13.4. The second-order valence-corrected chi connectivity index (χ2v) is 7.39. The first-order valence-electron chi connectivity index (χ1n) is 8.07. The van der Waals surface area contributed by atoms with Crippen molar-refractivity contribution >= 4 is 5.91 Å². The molecule has 2 fully saturated rings. The number of aryl methyl sites for hydroxylation is 1. The summed E-state index contributed by atoms with van der Waals surface area (Å²) in [5.74, 6) is 0.255. The molecule has 0 radical (unpaired) electrons. The number of hydrogen-bond donors (Lipinski definition) is 1. The molecule has 2 aliphatic rings. The van der Waals surface area contributed by atoms with Gasteiger partial charge in [-0.15, -0.1) is 0 Å². The molecule has 1 atom stereocenters. The van der Waals surface area contributed by atoms with Gasteiger partial charge in [-0.3, -0.25) is 10.1 Å². The lowest BCUT2D eigenvalue weighted by atomic mass is 9.75. The van der Waals surface area contributed by atoms with E-state index in [2.05, 4.69) is 55.3 Å². The first-order chi connectivity index (χ1) is 9.96. The Balaban J connectivity index is 1.78. The van der Waals surface area contributed by atoms with Gasteiger partial charge in [0.2, 0.25) is 5.91 Å². The minimum absolute atomic E-state index is 0.0595. The lowest BCUT2D eigenvalue weighted by Crippen LogP contribution is -2.42. The fourth-order valence-electron chi connectivity index (χ4n) is 3.62. The first-order valence-corrected chi connectivity index (χ1v) is 8.07. The van der Waals surface area contributed by atoms with E-state index in [1.54, 1.807) is 0 Å². The Hall–Kier alpha value is -1.35. The highest BCUT2D eigenvalue weighted by molar-refractivity contribution is 5.81. The highest BCUT2D eigenvalue weighted by Gasteiger charge is 2.39. The smallest absolute Gasteiger partial charge is 0.238 e. The molecule has 114 valence electrons. The maximum Gasteiger partial charge on any atom is 0.238 e. The van der Waals surface area contributed by atoms with Crippen LogP contribution < -0.4 is 5.32 Å². The van der Waals surface area contributed by atoms with Gasteiger partial charge in [0.1, 0.15) is 6.17 Å². The SMILES string of the molecule is Cc1ccc(C2NCC(=O)N2C2CCC(C)(C)CC2)cc1. The summed E-state index contributed by atoms with van der Waals surface area (Å²) in [6.45, 7) is 7.24. The van der Waals surface area contributed by atoms with Gasteiger partial charge >= 0.3 is 0 Å². The number of carbonyl (C=O) groups excluding carboxylic acids is 1. The number of amides is 1. The molecule has 0 bridgehead atoms. The molecule has 1 aromatic carbocycles. The number of carbonyl (C=O) groups is 1. The number of nitrogens with zero attached hydrogens (tertiary/aromatic N) is 1. The van der Waals surface area contributed by atoms with E-state index in [0.717, 1.165) is 12.8 Å². The highest BCUT2D eigenvalue weighted by atomic mass is 16.2. The third kappa shape index (κ3) is 2.98. The van der Waals surface area contributed by atoms with Gasteiger partial charge in [0.15, 0.2) is 0 Å². The van der Waals surface area contributed by atoms with E-state index in [-0.39, 0.29) is 12.1 Å². The third-order valence-corrected chi connectivity index (χ3v) is 5.11. The monoisotopic (exact) mass is 286 g/mol. The van der Waals surface area contributed by atoms with Crippen LogP contribution in [0.1, 0.15) is 56.8 Å². The molecule has 1 aliphatic heterocycles. The van der Waals surface area contributed by atoms with Crippen LogP contribution in [0.4, 0.5) is 0 Å². The number of hydrogen-bond acceptors (Lipinski definition) is 2. The van der Waals surface area contributed by atoms with Gasteiger partial charge < -0.3 is 4.90 Å². The van der Waals surface area contributed by atoms with Gasteiger partial charge in [0, 0.05) is 6.04 Å². The standard InChI is InChI=1S/C18H26N2O/c1-13-4-6-14(7-5-13)17-19-12-16(21)20(17)15-8-10-18(2,3)11-9-15/h4-7,15,17,19H,8-12H2,1-3H3. The second kappa shape index (κ2) is 5.45. The summed E-state index contributed by atoms with van der Waals surface area (Å²) in [7, 11) is 0. The highest BCUT2D eigenvalue weighted by Crippen LogP contribution is 2.39. The summed E-state index contributed by atoms with van der Waals surface area (Å²) in [4.78, 5) is 14.5. The molecule has 1 saturated heterocycles. The van der Waals surface area contributed by atoms with Crippen LogP contribution in [-0.2, 0) is 4.79 Å². The molecule has 3 nitrogen and oxygen atoms in total. The average Bonchev–Trinajstić information content (AvgIpc) is 2.82. The molecule has 1 heterocycles. The maximum absolute atomic E-state index is 12.3. The summed E-state index contributed by atoms with van der Waals surface area (Å²) in [5.41, 5.74) is 2.90. The Morgan fingerprint density at radius 2 is 1.76 bits per heavy atom. The minimum Gasteiger partial charge on any atom is -0.319 e. The summed E-state index contributed by atoms with van der Waals surface area (Å²) < 4.78 is 0. The number of rotatable bonds is 2. The van der Waals surface area contributed by atoms with Crippen molar-refractivity contribution in [2.45, 2.75) is 58.7 Å². The Labute approximate surface area is 127 Å². The van der Waals surface area contributed by atoms with Gasteiger partial charge in [0.05, 0.1) is 6.54 Å². The van der Waals surface area contributed by atoms with Crippen molar-refractivity contribution in [1.29, 1.82) is 0 Å². The lowest BCUT2D eigenvalue weighted by molar-refractivity contribution is -0.131. The van der Waals surface area contributed by atoms with Crippen LogP contribution in [0.5, 0.6) is 0 Å². The molecule has 1 aromatic rings. The summed E-state index contributed by atoms with van der Waals surface area (Å²) in [5, 5.41) is 3.39. The Kier molecular flexibility index (Phi) is 3.78. The van der Waals surface area contributed by atoms with E-state index in [0.29, 0.717) is 18.0 Å². The van der Waals surface area contributed by atoms with Crippen LogP contribution in [0.2, 0.25) is 0 Å². The molecule has 3 heteroatoms. The zero-order valence-electron chi connectivity index (χ0n) is 13.4. The molecule has 1 unspecified atom stereocenters. The molecule has 1 amide bonds. The molecule has 3 rings (SSSR count). The summed E-state index contributed by atoms with van der Waals surface area (Å²) in [6.07, 6.45) is 4.74. The minimum atomic E-state index is 0.0595. The van der Waals surface area contributed by atoms with E-state index in [4.69, 9.17) is 0 Å². The largest absolute Gasteiger partial charge is 0.319 e. The first kappa shape index (κ1) is 14.6. The summed E-state index contributed by atoms with van der Waals surface area (Å²) >= 11 is 0. The molecular weight excluding hydrogens is 260 g/mol. The quantitative estimate of drug-likeness (QED) is 0.904. The van der Waals surface area contributed by atoms with Crippen LogP contribution in [-0.4, -0.2) is 23.4 Å². The molecule has 0 spiro atoms. The van der Waals surface area contributed by atoms with Crippen LogP contribution >= 0.6 is 0 Å². The van der Waals surface area contributed by atoms with Gasteiger partial charge in [-0.2, -0.15) is 0 Å². The van der Waals surface area contributed by atoms with Gasteiger partial charge in [-0.05, 0) is 43.6 Å². The van der Waals surface area contributed by atoms with Gasteiger partial charge in [-0.1, -0.05) is 43.7 Å². The van der Waals surface area contributed by atoms with Crippen molar-refractivity contribution in [2.24, 2.45) is 5.41 Å². The van der Waals surface area contributed by atoms with E-state index in [1.165, 1.54) is 24.0 Å². The van der Waals surface area contributed by atoms with Crippen LogP contribution in [0.25, 0.3) is 0 Å². The van der Waals surface area contributed by atoms with Crippen molar-refractivity contribution in [3.05, 3.63) is 35.4 Å². The molecule has 0 aromatic heterocycles. The Morgan fingerprint density at radius 3 is 2.38 bits per heavy atom. The van der Waals surface area contributed by atoms with Crippen LogP contribution in [0, 0.1) is 12.3 Å². The van der Waals surface area contributed by atoms with Crippen molar-refractivity contribution in [1.82, 2.24) is 10.2 Å².